The van der Waals surface area contributed by atoms with Gasteiger partial charge in [0.25, 0.3) is 0 Å². The highest BCUT2D eigenvalue weighted by atomic mass is 32.2. The maximum Gasteiger partial charge on any atom is 0.336 e. The first-order chi connectivity index (χ1) is 11.7. The SMILES string of the molecule is O=C(O)c1ccc(Sc2cccc3ccccc23)c2ccccc12. The maximum atomic E-state index is 11.5. The van der Waals surface area contributed by atoms with E-state index in [2.05, 4.69) is 30.3 Å². The van der Waals surface area contributed by atoms with Crippen molar-refractivity contribution >= 4 is 39.3 Å². The number of carboxylic acids is 1. The molecule has 0 aliphatic rings. The minimum Gasteiger partial charge on any atom is -0.478 e. The van der Waals surface area contributed by atoms with Crippen molar-refractivity contribution < 1.29 is 9.90 Å². The number of aromatic carboxylic acids is 1. The fourth-order valence-corrected chi connectivity index (χ4v) is 4.05. The lowest BCUT2D eigenvalue weighted by Crippen LogP contribution is -1.97. The van der Waals surface area contributed by atoms with Gasteiger partial charge in [-0.05, 0) is 39.7 Å². The molecule has 0 bridgehead atoms. The summed E-state index contributed by atoms with van der Waals surface area (Å²) in [5.41, 5.74) is 0.341. The maximum absolute atomic E-state index is 11.5. The summed E-state index contributed by atoms with van der Waals surface area (Å²) in [5.74, 6) is -0.895. The predicted molar refractivity (Wildman–Crippen MR) is 99.0 cm³/mol. The van der Waals surface area contributed by atoms with E-state index in [1.807, 2.05) is 42.5 Å². The quantitative estimate of drug-likeness (QED) is 0.512. The minimum atomic E-state index is -0.895. The number of hydrogen-bond donors (Lipinski definition) is 1. The molecule has 4 rings (SSSR count). The number of carboxylic acid groups (broad SMARTS) is 1. The second-order valence-corrected chi connectivity index (χ2v) is 6.63. The van der Waals surface area contributed by atoms with Crippen LogP contribution < -0.4 is 0 Å². The van der Waals surface area contributed by atoms with Crippen LogP contribution in [0.1, 0.15) is 10.4 Å². The summed E-state index contributed by atoms with van der Waals surface area (Å²) in [5, 5.41) is 13.5. The van der Waals surface area contributed by atoms with Gasteiger partial charge in [0.15, 0.2) is 0 Å². The van der Waals surface area contributed by atoms with Gasteiger partial charge in [0.2, 0.25) is 0 Å². The Bertz CT molecular complexity index is 1060. The Balaban J connectivity index is 1.88. The number of fused-ring (bicyclic) bond motifs is 2. The lowest BCUT2D eigenvalue weighted by Gasteiger charge is -2.10. The van der Waals surface area contributed by atoms with Crippen LogP contribution in [-0.2, 0) is 0 Å². The molecule has 0 saturated carbocycles. The Morgan fingerprint density at radius 1 is 0.667 bits per heavy atom. The molecular weight excluding hydrogens is 316 g/mol. The van der Waals surface area contributed by atoms with Crippen LogP contribution in [-0.4, -0.2) is 11.1 Å². The number of benzene rings is 4. The first-order valence-corrected chi connectivity index (χ1v) is 8.46. The van der Waals surface area contributed by atoms with Gasteiger partial charge in [0, 0.05) is 9.79 Å². The largest absolute Gasteiger partial charge is 0.478 e. The number of hydrogen-bond acceptors (Lipinski definition) is 2. The molecule has 3 heteroatoms. The molecule has 1 N–H and O–H groups in total. The van der Waals surface area contributed by atoms with Gasteiger partial charge in [0.05, 0.1) is 5.56 Å². The van der Waals surface area contributed by atoms with Gasteiger partial charge in [0.1, 0.15) is 0 Å². The van der Waals surface area contributed by atoms with Crippen molar-refractivity contribution in [3.05, 3.63) is 84.4 Å². The van der Waals surface area contributed by atoms with Crippen molar-refractivity contribution in [3.63, 3.8) is 0 Å². The summed E-state index contributed by atoms with van der Waals surface area (Å²) >= 11 is 1.67. The van der Waals surface area contributed by atoms with Crippen LogP contribution in [0.15, 0.2) is 88.7 Å². The molecule has 0 unspecified atom stereocenters. The zero-order chi connectivity index (χ0) is 16.5. The van der Waals surface area contributed by atoms with E-state index < -0.39 is 5.97 Å². The third-order valence-corrected chi connectivity index (χ3v) is 5.24. The third-order valence-electron chi connectivity index (χ3n) is 4.08. The molecule has 0 aliphatic carbocycles. The van der Waals surface area contributed by atoms with Crippen LogP contribution in [0.4, 0.5) is 0 Å². The van der Waals surface area contributed by atoms with E-state index in [1.54, 1.807) is 17.8 Å². The first-order valence-electron chi connectivity index (χ1n) is 7.65. The van der Waals surface area contributed by atoms with Crippen LogP contribution in [0, 0.1) is 0 Å². The second-order valence-electron chi connectivity index (χ2n) is 5.54. The Morgan fingerprint density at radius 2 is 1.29 bits per heavy atom. The first kappa shape index (κ1) is 14.8. The van der Waals surface area contributed by atoms with Gasteiger partial charge in [-0.3, -0.25) is 0 Å². The molecule has 4 aromatic rings. The van der Waals surface area contributed by atoms with E-state index in [-0.39, 0.29) is 0 Å². The van der Waals surface area contributed by atoms with Crippen molar-refractivity contribution in [3.8, 4) is 0 Å². The average molecular weight is 330 g/mol. The lowest BCUT2D eigenvalue weighted by atomic mass is 10.0. The van der Waals surface area contributed by atoms with E-state index in [9.17, 15) is 9.90 Å². The predicted octanol–water partition coefficient (Wildman–Crippen LogP) is 5.84. The molecule has 0 saturated heterocycles. The average Bonchev–Trinajstić information content (AvgIpc) is 2.62. The Kier molecular flexibility index (Phi) is 3.71. The van der Waals surface area contributed by atoms with E-state index >= 15 is 0 Å². The van der Waals surface area contributed by atoms with Crippen molar-refractivity contribution in [2.24, 2.45) is 0 Å². The van der Waals surface area contributed by atoms with E-state index in [0.29, 0.717) is 5.56 Å². The van der Waals surface area contributed by atoms with Gasteiger partial charge in [-0.25, -0.2) is 4.79 Å². The monoisotopic (exact) mass is 330 g/mol. The highest BCUT2D eigenvalue weighted by Crippen LogP contribution is 2.38. The molecule has 116 valence electrons. The van der Waals surface area contributed by atoms with Crippen LogP contribution in [0.3, 0.4) is 0 Å². The Hall–Kier alpha value is -2.78. The van der Waals surface area contributed by atoms with E-state index in [0.717, 1.165) is 15.7 Å². The Morgan fingerprint density at radius 3 is 2.08 bits per heavy atom. The molecule has 0 aliphatic heterocycles. The zero-order valence-electron chi connectivity index (χ0n) is 12.8. The number of rotatable bonds is 3. The summed E-state index contributed by atoms with van der Waals surface area (Å²) < 4.78 is 0. The standard InChI is InChI=1S/C21H14O2S/c22-21(23)18-12-13-20(17-10-4-3-9-16(17)18)24-19-11-5-7-14-6-1-2-8-15(14)19/h1-13H,(H,22,23). The summed E-state index contributed by atoms with van der Waals surface area (Å²) in [7, 11) is 0. The molecule has 0 amide bonds. The minimum absolute atomic E-state index is 0.341. The van der Waals surface area contributed by atoms with Gasteiger partial charge in [-0.2, -0.15) is 0 Å². The molecule has 0 aromatic heterocycles. The molecule has 0 spiro atoms. The molecule has 0 fully saturated rings. The van der Waals surface area contributed by atoms with Gasteiger partial charge >= 0.3 is 5.97 Å². The van der Waals surface area contributed by atoms with Crippen LogP contribution >= 0.6 is 11.8 Å². The zero-order valence-corrected chi connectivity index (χ0v) is 13.6. The van der Waals surface area contributed by atoms with Crippen molar-refractivity contribution in [2.75, 3.05) is 0 Å². The van der Waals surface area contributed by atoms with Crippen molar-refractivity contribution in [1.82, 2.24) is 0 Å². The summed E-state index contributed by atoms with van der Waals surface area (Å²) in [4.78, 5) is 13.7. The van der Waals surface area contributed by atoms with Crippen molar-refractivity contribution in [1.29, 1.82) is 0 Å². The molecule has 0 atom stereocenters. The topological polar surface area (TPSA) is 37.3 Å². The molecule has 0 heterocycles. The van der Waals surface area contributed by atoms with Crippen LogP contribution in [0.25, 0.3) is 21.5 Å². The normalized spacial score (nSPS) is 11.0. The van der Waals surface area contributed by atoms with Gasteiger partial charge in [-0.1, -0.05) is 72.4 Å². The van der Waals surface area contributed by atoms with Crippen LogP contribution in [0.5, 0.6) is 0 Å². The van der Waals surface area contributed by atoms with Crippen LogP contribution in [0.2, 0.25) is 0 Å². The van der Waals surface area contributed by atoms with Crippen molar-refractivity contribution in [2.45, 2.75) is 9.79 Å². The highest BCUT2D eigenvalue weighted by molar-refractivity contribution is 7.99. The van der Waals surface area contributed by atoms with Gasteiger partial charge in [-0.15, -0.1) is 0 Å². The second kappa shape index (κ2) is 6.02. The lowest BCUT2D eigenvalue weighted by molar-refractivity contribution is 0.0699. The Labute approximate surface area is 143 Å². The summed E-state index contributed by atoms with van der Waals surface area (Å²) in [6.07, 6.45) is 0. The number of carbonyl (C=O) groups is 1. The summed E-state index contributed by atoms with van der Waals surface area (Å²) in [6.45, 7) is 0. The highest BCUT2D eigenvalue weighted by Gasteiger charge is 2.12. The fourth-order valence-electron chi connectivity index (χ4n) is 2.95. The molecule has 24 heavy (non-hydrogen) atoms. The smallest absolute Gasteiger partial charge is 0.336 e. The third kappa shape index (κ3) is 2.53. The molecule has 2 nitrogen and oxygen atoms in total. The summed E-state index contributed by atoms with van der Waals surface area (Å²) in [6, 6.07) is 25.8. The van der Waals surface area contributed by atoms with E-state index in [4.69, 9.17) is 0 Å². The molecule has 4 aromatic carbocycles. The molecule has 0 radical (unpaired) electrons. The molecular formula is C21H14O2S. The van der Waals surface area contributed by atoms with Gasteiger partial charge < -0.3 is 5.11 Å². The van der Waals surface area contributed by atoms with E-state index in [1.165, 1.54) is 15.7 Å². The fraction of sp³-hybridized carbons (Fsp3) is 0.